The van der Waals surface area contributed by atoms with Gasteiger partial charge in [0.2, 0.25) is 0 Å². The molecule has 0 aliphatic heterocycles. The molecule has 0 N–H and O–H groups in total. The molecular weight excluding hydrogens is 216 g/mol. The van der Waals surface area contributed by atoms with E-state index in [0.717, 1.165) is 0 Å². The van der Waals surface area contributed by atoms with Crippen molar-refractivity contribution >= 4 is 12.1 Å². The lowest BCUT2D eigenvalue weighted by atomic mass is 9.88. The number of rotatable bonds is 4. The highest BCUT2D eigenvalue weighted by Gasteiger charge is 2.24. The van der Waals surface area contributed by atoms with Crippen molar-refractivity contribution in [3.05, 3.63) is 12.2 Å². The Kier molecular flexibility index (Phi) is 5.52. The van der Waals surface area contributed by atoms with Crippen molar-refractivity contribution in [1.29, 1.82) is 0 Å². The normalized spacial score (nSPS) is 10.5. The first kappa shape index (κ1) is 14.4. The predicted molar refractivity (Wildman–Crippen MR) is 53.9 cm³/mol. The van der Waals surface area contributed by atoms with Crippen LogP contribution in [0.1, 0.15) is 27.7 Å². The first-order chi connectivity index (χ1) is 7.29. The third-order valence-electron chi connectivity index (χ3n) is 1.63. The molecule has 0 saturated heterocycles. The molecule has 0 aromatic carbocycles. The standard InChI is InChI=1S/C10H16O6/c1-6-13-9(12)15-16-14-8(11)7(2)10(3,4)5/h2,6H2,1,3-5H3. The van der Waals surface area contributed by atoms with Gasteiger partial charge in [-0.15, -0.1) is 0 Å². The molecule has 0 amide bonds. The minimum absolute atomic E-state index is 0.130. The summed E-state index contributed by atoms with van der Waals surface area (Å²) in [7, 11) is 0. The summed E-state index contributed by atoms with van der Waals surface area (Å²) in [4.78, 5) is 30.0. The predicted octanol–water partition coefficient (Wildman–Crippen LogP) is 2.15. The maximum atomic E-state index is 11.3. The van der Waals surface area contributed by atoms with E-state index >= 15 is 0 Å². The molecule has 16 heavy (non-hydrogen) atoms. The molecule has 0 aromatic heterocycles. The Bertz CT molecular complexity index is 276. The Labute approximate surface area is 94.0 Å². The average molecular weight is 232 g/mol. The SMILES string of the molecule is C=C(C(=O)OOOC(=O)OCC)C(C)(C)C. The Hall–Kier alpha value is -1.56. The van der Waals surface area contributed by atoms with Crippen LogP contribution in [0.2, 0.25) is 0 Å². The van der Waals surface area contributed by atoms with Crippen LogP contribution in [0.4, 0.5) is 4.79 Å². The van der Waals surface area contributed by atoms with Crippen molar-refractivity contribution in [2.45, 2.75) is 27.7 Å². The second kappa shape index (κ2) is 6.12. The van der Waals surface area contributed by atoms with E-state index in [1.54, 1.807) is 27.7 Å². The first-order valence-electron chi connectivity index (χ1n) is 4.70. The molecule has 0 aromatic rings. The minimum atomic E-state index is -1.09. The molecule has 0 heterocycles. The van der Waals surface area contributed by atoms with Gasteiger partial charge in [0.25, 0.3) is 0 Å². The van der Waals surface area contributed by atoms with Crippen LogP contribution in [0.25, 0.3) is 0 Å². The average Bonchev–Trinajstić information content (AvgIpc) is 2.15. The maximum Gasteiger partial charge on any atom is 0.543 e. The lowest BCUT2D eigenvalue weighted by Crippen LogP contribution is -2.20. The third-order valence-corrected chi connectivity index (χ3v) is 1.63. The molecule has 0 bridgehead atoms. The molecule has 0 unspecified atom stereocenters. The zero-order valence-corrected chi connectivity index (χ0v) is 9.86. The van der Waals surface area contributed by atoms with Gasteiger partial charge < -0.3 is 4.74 Å². The van der Waals surface area contributed by atoms with Crippen LogP contribution in [0.3, 0.4) is 0 Å². The van der Waals surface area contributed by atoms with Crippen molar-refractivity contribution in [3.63, 3.8) is 0 Å². The van der Waals surface area contributed by atoms with Crippen LogP contribution in [-0.4, -0.2) is 18.7 Å². The lowest BCUT2D eigenvalue weighted by molar-refractivity contribution is -0.457. The summed E-state index contributed by atoms with van der Waals surface area (Å²) in [6, 6.07) is 0. The maximum absolute atomic E-state index is 11.3. The van der Waals surface area contributed by atoms with Gasteiger partial charge in [0.15, 0.2) is 0 Å². The Balaban J connectivity index is 3.92. The highest BCUT2D eigenvalue weighted by molar-refractivity contribution is 5.88. The molecule has 0 radical (unpaired) electrons. The van der Waals surface area contributed by atoms with Gasteiger partial charge in [0.1, 0.15) is 0 Å². The van der Waals surface area contributed by atoms with E-state index in [0.29, 0.717) is 0 Å². The zero-order valence-electron chi connectivity index (χ0n) is 9.86. The monoisotopic (exact) mass is 232 g/mol. The van der Waals surface area contributed by atoms with Gasteiger partial charge in [-0.3, -0.25) is 4.89 Å². The van der Waals surface area contributed by atoms with E-state index in [2.05, 4.69) is 26.1 Å². The van der Waals surface area contributed by atoms with E-state index in [-0.39, 0.29) is 12.2 Å². The number of hydrogen-bond donors (Lipinski definition) is 0. The van der Waals surface area contributed by atoms with Gasteiger partial charge >= 0.3 is 12.1 Å². The van der Waals surface area contributed by atoms with Crippen LogP contribution in [0, 0.1) is 5.41 Å². The van der Waals surface area contributed by atoms with Crippen molar-refractivity contribution < 1.29 is 29.1 Å². The molecule has 0 atom stereocenters. The van der Waals surface area contributed by atoms with Gasteiger partial charge in [0, 0.05) is 5.57 Å². The smallest absolute Gasteiger partial charge is 0.433 e. The van der Waals surface area contributed by atoms with Crippen LogP contribution >= 0.6 is 0 Å². The van der Waals surface area contributed by atoms with Crippen LogP contribution < -0.4 is 0 Å². The minimum Gasteiger partial charge on any atom is -0.433 e. The topological polar surface area (TPSA) is 71.1 Å². The molecule has 0 fully saturated rings. The highest BCUT2D eigenvalue weighted by Crippen LogP contribution is 2.24. The summed E-state index contributed by atoms with van der Waals surface area (Å²) >= 11 is 0. The number of ether oxygens (including phenoxy) is 1. The fraction of sp³-hybridized carbons (Fsp3) is 0.600. The fourth-order valence-corrected chi connectivity index (χ4v) is 0.574. The summed E-state index contributed by atoms with van der Waals surface area (Å²) in [6.07, 6.45) is -1.09. The molecule has 6 nitrogen and oxygen atoms in total. The summed E-state index contributed by atoms with van der Waals surface area (Å²) in [5, 5.41) is 3.94. The van der Waals surface area contributed by atoms with Crippen LogP contribution in [-0.2, 0) is 24.3 Å². The van der Waals surface area contributed by atoms with Crippen LogP contribution in [0.15, 0.2) is 12.2 Å². The number of carbonyl (C=O) groups is 2. The summed E-state index contributed by atoms with van der Waals surface area (Å²) in [6.45, 7) is 10.6. The molecule has 92 valence electrons. The second-order valence-corrected chi connectivity index (χ2v) is 3.93. The zero-order chi connectivity index (χ0) is 12.8. The highest BCUT2D eigenvalue weighted by atomic mass is 17.5. The second-order valence-electron chi connectivity index (χ2n) is 3.93. The van der Waals surface area contributed by atoms with Crippen molar-refractivity contribution in [2.24, 2.45) is 5.41 Å². The number of hydrogen-bond acceptors (Lipinski definition) is 6. The van der Waals surface area contributed by atoms with E-state index in [4.69, 9.17) is 0 Å². The largest absolute Gasteiger partial charge is 0.543 e. The van der Waals surface area contributed by atoms with Gasteiger partial charge in [-0.2, -0.15) is 0 Å². The summed E-state index contributed by atoms with van der Waals surface area (Å²) in [5.41, 5.74) is -0.260. The molecule has 0 spiro atoms. The third kappa shape index (κ3) is 5.35. The summed E-state index contributed by atoms with van der Waals surface area (Å²) < 4.78 is 4.35. The van der Waals surface area contributed by atoms with E-state index in [1.807, 2.05) is 0 Å². The van der Waals surface area contributed by atoms with E-state index in [9.17, 15) is 9.59 Å². The van der Waals surface area contributed by atoms with Gasteiger partial charge in [-0.25, -0.2) is 14.5 Å². The van der Waals surface area contributed by atoms with Gasteiger partial charge in [0.05, 0.1) is 11.6 Å². The Morgan fingerprint density at radius 1 is 1.19 bits per heavy atom. The molecule has 0 aliphatic carbocycles. The van der Waals surface area contributed by atoms with Gasteiger partial charge in [-0.05, 0) is 12.3 Å². The van der Waals surface area contributed by atoms with Crippen LogP contribution in [0.5, 0.6) is 0 Å². The van der Waals surface area contributed by atoms with Crippen molar-refractivity contribution in [1.82, 2.24) is 0 Å². The molecular formula is C10H16O6. The lowest BCUT2D eigenvalue weighted by Gasteiger charge is -2.18. The van der Waals surface area contributed by atoms with Gasteiger partial charge in [-0.1, -0.05) is 27.4 Å². The summed E-state index contributed by atoms with van der Waals surface area (Å²) in [5.74, 6) is -0.809. The molecule has 6 heteroatoms. The molecule has 0 aliphatic rings. The molecule has 0 saturated carbocycles. The Morgan fingerprint density at radius 3 is 2.19 bits per heavy atom. The van der Waals surface area contributed by atoms with E-state index in [1.165, 1.54) is 0 Å². The van der Waals surface area contributed by atoms with E-state index < -0.39 is 17.5 Å². The van der Waals surface area contributed by atoms with Crippen molar-refractivity contribution in [3.8, 4) is 0 Å². The quantitative estimate of drug-likeness (QED) is 0.320. The van der Waals surface area contributed by atoms with Crippen molar-refractivity contribution in [2.75, 3.05) is 6.61 Å². The fourth-order valence-electron chi connectivity index (χ4n) is 0.574. The Morgan fingerprint density at radius 2 is 1.75 bits per heavy atom. The molecule has 0 rings (SSSR count). The number of carbonyl (C=O) groups excluding carboxylic acids is 2. The first-order valence-corrected chi connectivity index (χ1v) is 4.70.